The van der Waals surface area contributed by atoms with E-state index in [0.717, 1.165) is 0 Å². The zero-order valence-corrected chi connectivity index (χ0v) is 10.5. The van der Waals surface area contributed by atoms with Gasteiger partial charge < -0.3 is 15.8 Å². The van der Waals surface area contributed by atoms with Gasteiger partial charge in [-0.25, -0.2) is 0 Å². The molecule has 1 heterocycles. The Balaban J connectivity index is 2.02. The molecule has 2 rings (SSSR count). The molecule has 1 aromatic heterocycles. The number of hydrogen-bond donors (Lipinski definition) is 2. The molecule has 0 aliphatic rings. The second kappa shape index (κ2) is 5.85. The van der Waals surface area contributed by atoms with Gasteiger partial charge in [0.05, 0.1) is 18.5 Å². The molecular formula is C12H15N5O2. The lowest BCUT2D eigenvalue weighted by Gasteiger charge is -2.10. The number of hydrogen-bond acceptors (Lipinski definition) is 5. The molecule has 0 bridgehead atoms. The summed E-state index contributed by atoms with van der Waals surface area (Å²) >= 11 is 0. The number of anilines is 2. The van der Waals surface area contributed by atoms with Gasteiger partial charge in [0.1, 0.15) is 12.3 Å². The third-order valence-corrected chi connectivity index (χ3v) is 2.30. The van der Waals surface area contributed by atoms with E-state index in [1.165, 1.54) is 11.0 Å². The number of benzene rings is 1. The number of ether oxygens (including phenoxy) is 1. The van der Waals surface area contributed by atoms with Gasteiger partial charge >= 0.3 is 0 Å². The Kier molecular flexibility index (Phi) is 3.97. The van der Waals surface area contributed by atoms with Crippen molar-refractivity contribution in [1.82, 2.24) is 15.0 Å². The zero-order chi connectivity index (χ0) is 13.7. The summed E-state index contributed by atoms with van der Waals surface area (Å²) in [5.41, 5.74) is 6.04. The molecule has 0 saturated heterocycles. The van der Waals surface area contributed by atoms with E-state index in [1.807, 2.05) is 19.1 Å². The van der Waals surface area contributed by atoms with Crippen molar-refractivity contribution < 1.29 is 9.53 Å². The van der Waals surface area contributed by atoms with E-state index in [2.05, 4.69) is 15.5 Å². The van der Waals surface area contributed by atoms with Crippen LogP contribution in [0.2, 0.25) is 0 Å². The van der Waals surface area contributed by atoms with Crippen LogP contribution in [-0.2, 0) is 11.3 Å². The highest BCUT2D eigenvalue weighted by molar-refractivity contribution is 5.91. The fraction of sp³-hybridized carbons (Fsp3) is 0.250. The minimum atomic E-state index is -0.247. The first-order valence-corrected chi connectivity index (χ1v) is 5.86. The summed E-state index contributed by atoms with van der Waals surface area (Å²) in [6.07, 6.45) is 1.39. The molecule has 3 N–H and O–H groups in total. The van der Waals surface area contributed by atoms with Gasteiger partial charge in [-0.2, -0.15) is 9.90 Å². The van der Waals surface area contributed by atoms with Gasteiger partial charge in [0, 0.05) is 0 Å². The average Bonchev–Trinajstić information content (AvgIpc) is 2.77. The Morgan fingerprint density at radius 2 is 2.26 bits per heavy atom. The summed E-state index contributed by atoms with van der Waals surface area (Å²) in [5, 5.41) is 10.4. The van der Waals surface area contributed by atoms with Crippen molar-refractivity contribution in [2.24, 2.45) is 0 Å². The van der Waals surface area contributed by atoms with Crippen molar-refractivity contribution in [2.45, 2.75) is 13.5 Å². The molecule has 19 heavy (non-hydrogen) atoms. The van der Waals surface area contributed by atoms with Crippen LogP contribution in [0.1, 0.15) is 6.92 Å². The summed E-state index contributed by atoms with van der Waals surface area (Å²) < 4.78 is 5.42. The number of nitrogens with two attached hydrogens (primary N) is 1. The summed E-state index contributed by atoms with van der Waals surface area (Å²) in [6.45, 7) is 2.41. The molecule has 100 valence electrons. The molecule has 0 saturated carbocycles. The predicted octanol–water partition coefficient (Wildman–Crippen LogP) is 0.898. The van der Waals surface area contributed by atoms with Crippen molar-refractivity contribution in [1.29, 1.82) is 0 Å². The second-order valence-electron chi connectivity index (χ2n) is 3.78. The molecule has 0 radical (unpaired) electrons. The third kappa shape index (κ3) is 3.44. The first kappa shape index (κ1) is 12.9. The topological polar surface area (TPSA) is 95.1 Å². The molecule has 0 unspecified atom stereocenters. The smallest absolute Gasteiger partial charge is 0.248 e. The van der Waals surface area contributed by atoms with E-state index >= 15 is 0 Å². The number of nitrogens with zero attached hydrogens (tertiary/aromatic N) is 3. The first-order valence-electron chi connectivity index (χ1n) is 5.86. The lowest BCUT2D eigenvalue weighted by molar-refractivity contribution is -0.117. The molecule has 7 heteroatoms. The molecule has 1 aromatic carbocycles. The predicted molar refractivity (Wildman–Crippen MR) is 70.7 cm³/mol. The van der Waals surface area contributed by atoms with Gasteiger partial charge in [0.25, 0.3) is 0 Å². The molecule has 0 atom stereocenters. The van der Waals surface area contributed by atoms with E-state index in [0.29, 0.717) is 18.0 Å². The quantitative estimate of drug-likeness (QED) is 0.833. The second-order valence-corrected chi connectivity index (χ2v) is 3.78. The zero-order valence-electron chi connectivity index (χ0n) is 10.5. The average molecular weight is 261 g/mol. The molecule has 0 fully saturated rings. The Morgan fingerprint density at radius 1 is 1.47 bits per heavy atom. The number of rotatable bonds is 5. The summed E-state index contributed by atoms with van der Waals surface area (Å²) in [4.78, 5) is 13.1. The molecule has 0 aliphatic carbocycles. The number of carbonyl (C=O) groups excluding carboxylic acids is 1. The molecule has 0 aliphatic heterocycles. The van der Waals surface area contributed by atoms with Crippen LogP contribution >= 0.6 is 0 Å². The van der Waals surface area contributed by atoms with Crippen LogP contribution < -0.4 is 15.8 Å². The Hall–Kier alpha value is -2.57. The van der Waals surface area contributed by atoms with Gasteiger partial charge in [0.15, 0.2) is 5.82 Å². The van der Waals surface area contributed by atoms with Gasteiger partial charge in [-0.15, -0.1) is 5.10 Å². The maximum atomic E-state index is 11.8. The third-order valence-electron chi connectivity index (χ3n) is 2.30. The van der Waals surface area contributed by atoms with Crippen molar-refractivity contribution in [2.75, 3.05) is 17.7 Å². The molecule has 1 amide bonds. The minimum Gasteiger partial charge on any atom is -0.492 e. The summed E-state index contributed by atoms with van der Waals surface area (Å²) in [7, 11) is 0. The van der Waals surface area contributed by atoms with Crippen LogP contribution in [0.4, 0.5) is 11.5 Å². The number of carbonyl (C=O) groups is 1. The highest BCUT2D eigenvalue weighted by Crippen LogP contribution is 2.23. The largest absolute Gasteiger partial charge is 0.492 e. The van der Waals surface area contributed by atoms with Crippen LogP contribution in [0.25, 0.3) is 0 Å². The fourth-order valence-corrected chi connectivity index (χ4v) is 1.56. The van der Waals surface area contributed by atoms with E-state index in [-0.39, 0.29) is 18.3 Å². The van der Waals surface area contributed by atoms with Crippen molar-refractivity contribution in [3.63, 3.8) is 0 Å². The lowest BCUT2D eigenvalue weighted by atomic mass is 10.3. The number of amides is 1. The molecule has 0 spiro atoms. The standard InChI is InChI=1S/C12H15N5O2/c1-2-19-10-6-4-3-5-9(10)15-12(18)8-17-14-7-11(13)16-17/h3-7H,2,8H2,1H3,(H2,13,16)(H,15,18). The van der Waals surface area contributed by atoms with Crippen molar-refractivity contribution in [3.8, 4) is 5.75 Å². The van der Waals surface area contributed by atoms with Gasteiger partial charge in [-0.1, -0.05) is 12.1 Å². The molecule has 2 aromatic rings. The number of nitrogens with one attached hydrogen (secondary N) is 1. The summed E-state index contributed by atoms with van der Waals surface area (Å²) in [5.74, 6) is 0.663. The van der Waals surface area contributed by atoms with Crippen LogP contribution in [0, 0.1) is 0 Å². The number of aromatic nitrogens is 3. The highest BCUT2D eigenvalue weighted by atomic mass is 16.5. The van der Waals surface area contributed by atoms with Crippen molar-refractivity contribution >= 4 is 17.4 Å². The maximum Gasteiger partial charge on any atom is 0.248 e. The SMILES string of the molecule is CCOc1ccccc1NC(=O)Cn1ncc(N)n1. The van der Waals surface area contributed by atoms with Gasteiger partial charge in [-0.05, 0) is 19.1 Å². The van der Waals surface area contributed by atoms with Crippen LogP contribution in [-0.4, -0.2) is 27.5 Å². The fourth-order valence-electron chi connectivity index (χ4n) is 1.56. The van der Waals surface area contributed by atoms with E-state index in [1.54, 1.807) is 12.1 Å². The molecular weight excluding hydrogens is 246 g/mol. The van der Waals surface area contributed by atoms with Crippen LogP contribution in [0.15, 0.2) is 30.5 Å². The van der Waals surface area contributed by atoms with E-state index in [4.69, 9.17) is 10.5 Å². The minimum absolute atomic E-state index is 0.00232. The monoisotopic (exact) mass is 261 g/mol. The van der Waals surface area contributed by atoms with Crippen molar-refractivity contribution in [3.05, 3.63) is 30.5 Å². The lowest BCUT2D eigenvalue weighted by Crippen LogP contribution is -2.20. The Labute approximate surface area is 110 Å². The van der Waals surface area contributed by atoms with Gasteiger partial charge in [0.2, 0.25) is 5.91 Å². The normalized spacial score (nSPS) is 10.2. The molecule has 7 nitrogen and oxygen atoms in total. The van der Waals surface area contributed by atoms with E-state index in [9.17, 15) is 4.79 Å². The first-order chi connectivity index (χ1) is 9.19. The Morgan fingerprint density at radius 3 is 2.95 bits per heavy atom. The number of nitrogen functional groups attached to an aromatic ring is 1. The maximum absolute atomic E-state index is 11.8. The van der Waals surface area contributed by atoms with Crippen LogP contribution in [0.5, 0.6) is 5.75 Å². The highest BCUT2D eigenvalue weighted by Gasteiger charge is 2.09. The number of para-hydroxylation sites is 2. The Bertz CT molecular complexity index is 567. The van der Waals surface area contributed by atoms with Gasteiger partial charge in [-0.3, -0.25) is 4.79 Å². The van der Waals surface area contributed by atoms with Crippen LogP contribution in [0.3, 0.4) is 0 Å². The summed E-state index contributed by atoms with van der Waals surface area (Å²) in [6, 6.07) is 7.23. The van der Waals surface area contributed by atoms with E-state index < -0.39 is 0 Å².